The van der Waals surface area contributed by atoms with Gasteiger partial charge >= 0.3 is 0 Å². The zero-order chi connectivity index (χ0) is 10.4. The summed E-state index contributed by atoms with van der Waals surface area (Å²) in [4.78, 5) is 21.7. The molecule has 0 aliphatic heterocycles. The Morgan fingerprint density at radius 3 is 2.38 bits per heavy atom. The molecule has 13 heavy (non-hydrogen) atoms. The van der Waals surface area contributed by atoms with Crippen molar-refractivity contribution in [2.24, 2.45) is 0 Å². The summed E-state index contributed by atoms with van der Waals surface area (Å²) in [7, 11) is 0. The van der Waals surface area contributed by atoms with E-state index in [0.717, 1.165) is 11.8 Å². The number of carbonyl (C=O) groups excluding carboxylic acids is 2. The molecular formula is C8H13NO3S. The van der Waals surface area contributed by atoms with Crippen LogP contribution in [0.4, 0.5) is 0 Å². The summed E-state index contributed by atoms with van der Waals surface area (Å²) in [6.07, 6.45) is 0. The van der Waals surface area contributed by atoms with Crippen LogP contribution in [0.3, 0.4) is 0 Å². The molecular weight excluding hydrogens is 190 g/mol. The Morgan fingerprint density at radius 1 is 1.54 bits per heavy atom. The number of rotatable bonds is 4. The minimum absolute atomic E-state index is 0.229. The molecule has 1 atom stereocenters. The molecule has 0 aliphatic rings. The van der Waals surface area contributed by atoms with E-state index in [4.69, 9.17) is 5.11 Å². The van der Waals surface area contributed by atoms with E-state index < -0.39 is 5.37 Å². The highest BCUT2D eigenvalue weighted by molar-refractivity contribution is 8.14. The summed E-state index contributed by atoms with van der Waals surface area (Å²) in [5.74, 6) is -0.277. The molecule has 0 aliphatic carbocycles. The third-order valence-electron chi connectivity index (χ3n) is 1.13. The average Bonchev–Trinajstić information content (AvgIpc) is 2.02. The normalized spacial score (nSPS) is 11.9. The number of aliphatic hydroxyl groups is 1. The summed E-state index contributed by atoms with van der Waals surface area (Å²) >= 11 is 0.861. The Labute approximate surface area is 81.4 Å². The smallest absolute Gasteiger partial charge is 0.217 e. The Bertz CT molecular complexity index is 227. The van der Waals surface area contributed by atoms with Crippen LogP contribution in [0.1, 0.15) is 13.8 Å². The van der Waals surface area contributed by atoms with Gasteiger partial charge in [-0.3, -0.25) is 9.59 Å². The molecule has 2 N–H and O–H groups in total. The minimum atomic E-state index is -0.582. The summed E-state index contributed by atoms with van der Waals surface area (Å²) in [6.45, 7) is 6.09. The van der Waals surface area contributed by atoms with Crippen LogP contribution >= 0.6 is 11.8 Å². The van der Waals surface area contributed by atoms with Crippen molar-refractivity contribution in [2.45, 2.75) is 19.2 Å². The molecule has 0 aromatic heterocycles. The Morgan fingerprint density at radius 2 is 2.08 bits per heavy atom. The molecule has 1 unspecified atom stereocenters. The van der Waals surface area contributed by atoms with Crippen LogP contribution in [0.5, 0.6) is 0 Å². The fraction of sp³-hybridized carbons (Fsp3) is 0.500. The zero-order valence-electron chi connectivity index (χ0n) is 7.66. The van der Waals surface area contributed by atoms with E-state index in [9.17, 15) is 9.59 Å². The number of carbonyl (C=O) groups is 2. The lowest BCUT2D eigenvalue weighted by molar-refractivity contribution is -0.119. The third-order valence-corrected chi connectivity index (χ3v) is 2.24. The molecule has 0 bridgehead atoms. The topological polar surface area (TPSA) is 66.4 Å². The molecule has 0 saturated carbocycles. The number of nitrogens with one attached hydrogen (secondary N) is 1. The summed E-state index contributed by atoms with van der Waals surface area (Å²) in [6, 6.07) is 0. The number of hydrogen-bond acceptors (Lipinski definition) is 4. The first-order valence-electron chi connectivity index (χ1n) is 3.71. The van der Waals surface area contributed by atoms with Crippen molar-refractivity contribution in [3.05, 3.63) is 12.2 Å². The molecule has 0 aromatic carbocycles. The maximum Gasteiger partial charge on any atom is 0.217 e. The van der Waals surface area contributed by atoms with Crippen molar-refractivity contribution < 1.29 is 14.7 Å². The van der Waals surface area contributed by atoms with Crippen molar-refractivity contribution in [3.8, 4) is 0 Å². The van der Waals surface area contributed by atoms with Gasteiger partial charge in [-0.05, 0) is 12.5 Å². The van der Waals surface area contributed by atoms with E-state index in [0.29, 0.717) is 5.57 Å². The van der Waals surface area contributed by atoms with Crippen LogP contribution in [-0.2, 0) is 9.59 Å². The number of thioether (sulfide) groups is 1. The van der Waals surface area contributed by atoms with Gasteiger partial charge in [0, 0.05) is 6.92 Å². The van der Waals surface area contributed by atoms with Gasteiger partial charge in [0.2, 0.25) is 11.0 Å². The summed E-state index contributed by atoms with van der Waals surface area (Å²) in [5, 5.41) is 10.4. The molecule has 74 valence electrons. The van der Waals surface area contributed by atoms with Crippen molar-refractivity contribution in [2.75, 3.05) is 6.61 Å². The predicted octanol–water partition coefficient (Wildman–Crippen LogP) is 0.277. The van der Waals surface area contributed by atoms with Crippen LogP contribution in [0.25, 0.3) is 0 Å². The van der Waals surface area contributed by atoms with Gasteiger partial charge in [0.15, 0.2) is 0 Å². The van der Waals surface area contributed by atoms with Crippen molar-refractivity contribution in [3.63, 3.8) is 0 Å². The Hall–Kier alpha value is -0.810. The lowest BCUT2D eigenvalue weighted by atomic mass is 10.4. The van der Waals surface area contributed by atoms with Crippen LogP contribution in [0.15, 0.2) is 12.2 Å². The summed E-state index contributed by atoms with van der Waals surface area (Å²) < 4.78 is 0. The highest BCUT2D eigenvalue weighted by Gasteiger charge is 2.14. The average molecular weight is 203 g/mol. The quantitative estimate of drug-likeness (QED) is 0.508. The molecule has 1 amide bonds. The van der Waals surface area contributed by atoms with E-state index >= 15 is 0 Å². The zero-order valence-corrected chi connectivity index (χ0v) is 8.48. The second kappa shape index (κ2) is 5.77. The lowest BCUT2D eigenvalue weighted by Gasteiger charge is -2.12. The number of amides is 1. The third kappa shape index (κ3) is 5.43. The van der Waals surface area contributed by atoms with Crippen molar-refractivity contribution >= 4 is 22.8 Å². The standard InChI is InChI=1S/C8H13NO3S/c1-5(2)8(12)13-7(4-10)9-6(3)11/h7,10H,1,4H2,2-3H3,(H,9,11). The SMILES string of the molecule is C=C(C)C(=O)SC(CO)NC(C)=O. The molecule has 0 saturated heterocycles. The Balaban J connectivity index is 4.05. The predicted molar refractivity (Wildman–Crippen MR) is 52.1 cm³/mol. The van der Waals surface area contributed by atoms with E-state index in [-0.39, 0.29) is 17.6 Å². The lowest BCUT2D eigenvalue weighted by Crippen LogP contribution is -2.34. The fourth-order valence-corrected chi connectivity index (χ4v) is 1.33. The van der Waals surface area contributed by atoms with Crippen LogP contribution < -0.4 is 5.32 Å². The Kier molecular flexibility index (Phi) is 5.41. The highest BCUT2D eigenvalue weighted by Crippen LogP contribution is 2.13. The summed E-state index contributed by atoms with van der Waals surface area (Å²) in [5.41, 5.74) is 0.397. The van der Waals surface area contributed by atoms with Gasteiger partial charge in [-0.1, -0.05) is 18.3 Å². The molecule has 0 radical (unpaired) electrons. The van der Waals surface area contributed by atoms with Crippen LogP contribution in [0.2, 0.25) is 0 Å². The first-order chi connectivity index (χ1) is 5.97. The van der Waals surface area contributed by atoms with E-state index in [2.05, 4.69) is 11.9 Å². The molecule has 0 heterocycles. The van der Waals surface area contributed by atoms with E-state index in [1.54, 1.807) is 6.92 Å². The van der Waals surface area contributed by atoms with Gasteiger partial charge in [-0.15, -0.1) is 0 Å². The van der Waals surface area contributed by atoms with Crippen molar-refractivity contribution in [1.82, 2.24) is 5.32 Å². The maximum absolute atomic E-state index is 11.1. The molecule has 0 fully saturated rings. The highest BCUT2D eigenvalue weighted by atomic mass is 32.2. The first kappa shape index (κ1) is 12.2. The largest absolute Gasteiger partial charge is 0.393 e. The van der Waals surface area contributed by atoms with Crippen molar-refractivity contribution in [1.29, 1.82) is 0 Å². The second-order valence-electron chi connectivity index (χ2n) is 2.56. The minimum Gasteiger partial charge on any atom is -0.393 e. The monoisotopic (exact) mass is 203 g/mol. The van der Waals surface area contributed by atoms with Gasteiger partial charge in [-0.2, -0.15) is 0 Å². The van der Waals surface area contributed by atoms with Gasteiger partial charge in [0.25, 0.3) is 0 Å². The van der Waals surface area contributed by atoms with Gasteiger partial charge in [0.05, 0.1) is 6.61 Å². The van der Waals surface area contributed by atoms with Crippen LogP contribution in [-0.4, -0.2) is 28.1 Å². The molecule has 5 heteroatoms. The van der Waals surface area contributed by atoms with E-state index in [1.165, 1.54) is 6.92 Å². The van der Waals surface area contributed by atoms with E-state index in [1.807, 2.05) is 0 Å². The fourth-order valence-electron chi connectivity index (χ4n) is 0.569. The van der Waals surface area contributed by atoms with Crippen LogP contribution in [0, 0.1) is 0 Å². The second-order valence-corrected chi connectivity index (χ2v) is 3.73. The number of hydrogen-bond donors (Lipinski definition) is 2. The molecule has 0 rings (SSSR count). The maximum atomic E-state index is 11.1. The van der Waals surface area contributed by atoms with Gasteiger partial charge in [-0.25, -0.2) is 0 Å². The first-order valence-corrected chi connectivity index (χ1v) is 4.59. The number of aliphatic hydroxyl groups excluding tert-OH is 1. The molecule has 0 aromatic rings. The molecule has 0 spiro atoms. The van der Waals surface area contributed by atoms with Gasteiger partial charge in [0.1, 0.15) is 5.37 Å². The molecule has 4 nitrogen and oxygen atoms in total. The van der Waals surface area contributed by atoms with Gasteiger partial charge < -0.3 is 10.4 Å².